The Kier molecular flexibility index (Phi) is 6.31. The van der Waals surface area contributed by atoms with E-state index in [2.05, 4.69) is 4.57 Å². The Labute approximate surface area is 202 Å². The number of halogens is 1. The number of nitrogens with zero attached hydrogens (tertiary/aromatic N) is 3. The van der Waals surface area contributed by atoms with Crippen LogP contribution in [0.15, 0.2) is 79.0 Å². The summed E-state index contributed by atoms with van der Waals surface area (Å²) >= 11 is 0. The fourth-order valence-electron chi connectivity index (χ4n) is 5.00. The Morgan fingerprint density at radius 2 is 1.74 bits per heavy atom. The van der Waals surface area contributed by atoms with Gasteiger partial charge in [0.2, 0.25) is 5.91 Å². The van der Waals surface area contributed by atoms with Gasteiger partial charge in [-0.3, -0.25) is 14.9 Å². The van der Waals surface area contributed by atoms with Crippen LogP contribution < -0.4 is 0 Å². The summed E-state index contributed by atoms with van der Waals surface area (Å²) in [7, 11) is 0. The molecule has 1 saturated heterocycles. The third kappa shape index (κ3) is 4.80. The molecule has 0 spiro atoms. The van der Waals surface area contributed by atoms with Crippen molar-refractivity contribution in [3.63, 3.8) is 0 Å². The van der Waals surface area contributed by atoms with E-state index in [0.717, 1.165) is 53.5 Å². The number of likely N-dealkylation sites (tertiary alicyclic amines) is 1. The predicted octanol–water partition coefficient (Wildman–Crippen LogP) is 5.88. The van der Waals surface area contributed by atoms with Gasteiger partial charge in [0.05, 0.1) is 4.92 Å². The van der Waals surface area contributed by atoms with Crippen molar-refractivity contribution in [3.8, 4) is 0 Å². The van der Waals surface area contributed by atoms with Gasteiger partial charge in [-0.1, -0.05) is 42.5 Å². The highest BCUT2D eigenvalue weighted by Crippen LogP contribution is 2.37. The number of carbonyl (C=O) groups excluding carboxylic acids is 1. The number of rotatable bonds is 7. The SMILES string of the molecule is O=C(CC(c1cccc([N+](=O)[O-])c1)c1cn(Cc2ccc(F)cc2)c2ccccc12)N1CCCC1. The predicted molar refractivity (Wildman–Crippen MR) is 133 cm³/mol. The first-order valence-corrected chi connectivity index (χ1v) is 11.8. The van der Waals surface area contributed by atoms with Crippen LogP contribution in [0, 0.1) is 15.9 Å². The number of nitro benzene ring substituents is 1. The van der Waals surface area contributed by atoms with Gasteiger partial charge >= 0.3 is 0 Å². The first-order chi connectivity index (χ1) is 17.0. The summed E-state index contributed by atoms with van der Waals surface area (Å²) in [6, 6.07) is 21.0. The normalized spacial score (nSPS) is 14.4. The van der Waals surface area contributed by atoms with Crippen molar-refractivity contribution in [1.82, 2.24) is 9.47 Å². The number of amides is 1. The van der Waals surface area contributed by atoms with Gasteiger partial charge in [0.25, 0.3) is 5.69 Å². The number of benzene rings is 3. The number of non-ortho nitro benzene ring substituents is 1. The molecule has 1 atom stereocenters. The van der Waals surface area contributed by atoms with Crippen LogP contribution in [-0.4, -0.2) is 33.4 Å². The molecule has 1 fully saturated rings. The van der Waals surface area contributed by atoms with Gasteiger partial charge in [-0.05, 0) is 47.7 Å². The first kappa shape index (κ1) is 22.8. The van der Waals surface area contributed by atoms with Gasteiger partial charge in [-0.15, -0.1) is 0 Å². The van der Waals surface area contributed by atoms with Gasteiger partial charge in [0.1, 0.15) is 5.82 Å². The number of fused-ring (bicyclic) bond motifs is 1. The molecule has 1 unspecified atom stereocenters. The van der Waals surface area contributed by atoms with Gasteiger partial charge in [-0.2, -0.15) is 0 Å². The van der Waals surface area contributed by atoms with Crippen LogP contribution >= 0.6 is 0 Å². The van der Waals surface area contributed by atoms with Crippen molar-refractivity contribution in [2.24, 2.45) is 0 Å². The Morgan fingerprint density at radius 1 is 1.00 bits per heavy atom. The molecule has 5 rings (SSSR count). The van der Waals surface area contributed by atoms with Crippen LogP contribution in [-0.2, 0) is 11.3 Å². The van der Waals surface area contributed by atoms with E-state index in [1.807, 2.05) is 41.4 Å². The molecule has 4 aromatic rings. The van der Waals surface area contributed by atoms with Crippen molar-refractivity contribution in [2.75, 3.05) is 13.1 Å². The number of para-hydroxylation sites is 1. The molecule has 0 saturated carbocycles. The Balaban J connectivity index is 1.59. The highest BCUT2D eigenvalue weighted by Gasteiger charge is 2.27. The first-order valence-electron chi connectivity index (χ1n) is 11.8. The maximum atomic E-state index is 13.4. The summed E-state index contributed by atoms with van der Waals surface area (Å²) in [5.74, 6) is -0.547. The average Bonchev–Trinajstić information content (AvgIpc) is 3.53. The van der Waals surface area contributed by atoms with Gasteiger partial charge in [0.15, 0.2) is 0 Å². The maximum Gasteiger partial charge on any atom is 0.269 e. The van der Waals surface area contributed by atoms with Crippen LogP contribution in [0.1, 0.15) is 41.9 Å². The molecule has 0 N–H and O–H groups in total. The number of carbonyl (C=O) groups is 1. The fraction of sp³-hybridized carbons (Fsp3) is 0.250. The average molecular weight is 472 g/mol. The van der Waals surface area contributed by atoms with E-state index in [1.54, 1.807) is 24.3 Å². The van der Waals surface area contributed by atoms with E-state index >= 15 is 0 Å². The molecule has 178 valence electrons. The molecule has 1 aliphatic rings. The minimum Gasteiger partial charge on any atom is -0.343 e. The van der Waals surface area contributed by atoms with Gasteiger partial charge in [-0.25, -0.2) is 4.39 Å². The minimum absolute atomic E-state index is 0.0103. The summed E-state index contributed by atoms with van der Waals surface area (Å²) in [4.78, 5) is 26.2. The summed E-state index contributed by atoms with van der Waals surface area (Å²) < 4.78 is 15.5. The van der Waals surface area contributed by atoms with E-state index < -0.39 is 4.92 Å². The third-order valence-corrected chi connectivity index (χ3v) is 6.78. The third-order valence-electron chi connectivity index (χ3n) is 6.78. The lowest BCUT2D eigenvalue weighted by molar-refractivity contribution is -0.384. The second-order valence-electron chi connectivity index (χ2n) is 9.05. The topological polar surface area (TPSA) is 68.4 Å². The number of hydrogen-bond acceptors (Lipinski definition) is 3. The van der Waals surface area contributed by atoms with Crippen molar-refractivity contribution < 1.29 is 14.1 Å². The summed E-state index contributed by atoms with van der Waals surface area (Å²) in [5, 5.41) is 12.5. The van der Waals surface area contributed by atoms with Crippen LogP contribution in [0.2, 0.25) is 0 Å². The molecule has 7 heteroatoms. The smallest absolute Gasteiger partial charge is 0.269 e. The van der Waals surface area contributed by atoms with Crippen molar-refractivity contribution in [3.05, 3.63) is 112 Å². The Morgan fingerprint density at radius 3 is 2.49 bits per heavy atom. The zero-order valence-electron chi connectivity index (χ0n) is 19.3. The van der Waals surface area contributed by atoms with Crippen LogP contribution in [0.4, 0.5) is 10.1 Å². The zero-order valence-corrected chi connectivity index (χ0v) is 19.3. The quantitative estimate of drug-likeness (QED) is 0.250. The van der Waals surface area contributed by atoms with Crippen LogP contribution in [0.25, 0.3) is 10.9 Å². The number of aromatic nitrogens is 1. The molecule has 0 aliphatic carbocycles. The highest BCUT2D eigenvalue weighted by atomic mass is 19.1. The molecule has 0 bridgehead atoms. The minimum atomic E-state index is -0.402. The highest BCUT2D eigenvalue weighted by molar-refractivity contribution is 5.87. The molecule has 1 aliphatic heterocycles. The molecule has 2 heterocycles. The van der Waals surface area contributed by atoms with Crippen molar-refractivity contribution in [2.45, 2.75) is 31.7 Å². The van der Waals surface area contributed by atoms with Gasteiger partial charge < -0.3 is 9.47 Å². The Hall–Kier alpha value is -4.00. The molecular formula is C28H26FN3O3. The van der Waals surface area contributed by atoms with E-state index in [0.29, 0.717) is 6.54 Å². The Bertz CT molecular complexity index is 1370. The summed E-state index contributed by atoms with van der Waals surface area (Å²) in [6.45, 7) is 2.06. The van der Waals surface area contributed by atoms with E-state index in [-0.39, 0.29) is 29.8 Å². The van der Waals surface area contributed by atoms with E-state index in [9.17, 15) is 19.3 Å². The lowest BCUT2D eigenvalue weighted by Gasteiger charge is -2.21. The molecule has 3 aromatic carbocycles. The monoisotopic (exact) mass is 471 g/mol. The van der Waals surface area contributed by atoms with Crippen molar-refractivity contribution in [1.29, 1.82) is 0 Å². The molecule has 1 amide bonds. The molecule has 35 heavy (non-hydrogen) atoms. The number of hydrogen-bond donors (Lipinski definition) is 0. The number of nitro groups is 1. The maximum absolute atomic E-state index is 13.4. The van der Waals surface area contributed by atoms with E-state index in [1.165, 1.54) is 18.2 Å². The van der Waals surface area contributed by atoms with Gasteiger partial charge in [0, 0.05) is 61.2 Å². The lowest BCUT2D eigenvalue weighted by Crippen LogP contribution is -2.29. The largest absolute Gasteiger partial charge is 0.343 e. The second-order valence-corrected chi connectivity index (χ2v) is 9.05. The van der Waals surface area contributed by atoms with Crippen molar-refractivity contribution >= 4 is 22.5 Å². The lowest BCUT2D eigenvalue weighted by atomic mass is 9.87. The standard InChI is InChI=1S/C28H26FN3O3/c29-22-12-10-20(11-13-22)18-31-19-26(24-8-1-2-9-27(24)31)25(17-28(33)30-14-3-4-15-30)21-6-5-7-23(16-21)32(34)35/h1-2,5-13,16,19,25H,3-4,14-15,17-18H2. The molecule has 0 radical (unpaired) electrons. The second kappa shape index (κ2) is 9.70. The molecular weight excluding hydrogens is 445 g/mol. The fourth-order valence-corrected chi connectivity index (χ4v) is 5.00. The van der Waals surface area contributed by atoms with Crippen LogP contribution in [0.5, 0.6) is 0 Å². The summed E-state index contributed by atoms with van der Waals surface area (Å²) in [6.07, 6.45) is 4.29. The zero-order chi connectivity index (χ0) is 24.4. The summed E-state index contributed by atoms with van der Waals surface area (Å²) in [5.41, 5.74) is 3.66. The van der Waals surface area contributed by atoms with Crippen LogP contribution in [0.3, 0.4) is 0 Å². The van der Waals surface area contributed by atoms with E-state index in [4.69, 9.17) is 0 Å². The molecule has 6 nitrogen and oxygen atoms in total. The molecule has 1 aromatic heterocycles.